The fourth-order valence-corrected chi connectivity index (χ4v) is 3.72. The van der Waals surface area contributed by atoms with E-state index in [1.54, 1.807) is 14.2 Å². The summed E-state index contributed by atoms with van der Waals surface area (Å²) in [4.78, 5) is 4.36. The molecule has 0 atom stereocenters. The summed E-state index contributed by atoms with van der Waals surface area (Å²) in [5.74, 6) is 1.78. The van der Waals surface area contributed by atoms with Crippen molar-refractivity contribution in [1.29, 1.82) is 0 Å². The van der Waals surface area contributed by atoms with Crippen molar-refractivity contribution in [2.45, 2.75) is 25.2 Å². The van der Waals surface area contributed by atoms with Gasteiger partial charge in [0.25, 0.3) is 0 Å². The van der Waals surface area contributed by atoms with Gasteiger partial charge in [-0.15, -0.1) is 0 Å². The van der Waals surface area contributed by atoms with Crippen LogP contribution in [0.15, 0.2) is 47.5 Å². The van der Waals surface area contributed by atoms with Gasteiger partial charge in [0.15, 0.2) is 17.5 Å². The van der Waals surface area contributed by atoms with Crippen LogP contribution in [-0.2, 0) is 10.2 Å². The summed E-state index contributed by atoms with van der Waals surface area (Å²) in [5.41, 5.74) is 1.81. The van der Waals surface area contributed by atoms with Gasteiger partial charge in [0, 0.05) is 44.0 Å². The number of ether oxygens (including phenoxy) is 3. The number of benzene rings is 2. The maximum atomic E-state index is 13.4. The lowest BCUT2D eigenvalue weighted by atomic mass is 9.74. The van der Waals surface area contributed by atoms with E-state index >= 15 is 0 Å². The summed E-state index contributed by atoms with van der Waals surface area (Å²) in [6.45, 7) is 4.51. The van der Waals surface area contributed by atoms with Crippen LogP contribution in [0.1, 0.15) is 25.3 Å². The lowest BCUT2D eigenvalue weighted by molar-refractivity contribution is 0.0514. The van der Waals surface area contributed by atoms with E-state index in [2.05, 4.69) is 15.6 Å². The predicted octanol–water partition coefficient (Wildman–Crippen LogP) is 3.97. The van der Waals surface area contributed by atoms with Crippen LogP contribution in [0.25, 0.3) is 0 Å². The molecule has 7 heteroatoms. The average Bonchev–Trinajstić information content (AvgIpc) is 2.78. The lowest BCUT2D eigenvalue weighted by Crippen LogP contribution is -2.46. The summed E-state index contributed by atoms with van der Waals surface area (Å²) in [5, 5.41) is 6.75. The van der Waals surface area contributed by atoms with E-state index in [4.69, 9.17) is 14.2 Å². The molecule has 1 saturated heterocycles. The summed E-state index contributed by atoms with van der Waals surface area (Å²) in [7, 11) is 3.35. The third-order valence-corrected chi connectivity index (χ3v) is 5.45. The molecular formula is C23H30FN3O3. The molecule has 2 N–H and O–H groups in total. The van der Waals surface area contributed by atoms with Crippen molar-refractivity contribution < 1.29 is 18.6 Å². The van der Waals surface area contributed by atoms with E-state index < -0.39 is 0 Å². The molecule has 2 aromatic rings. The fraction of sp³-hybridized carbons (Fsp3) is 0.435. The second-order valence-electron chi connectivity index (χ2n) is 7.25. The molecule has 6 nitrogen and oxygen atoms in total. The molecule has 0 amide bonds. The lowest BCUT2D eigenvalue weighted by Gasteiger charge is -2.38. The third kappa shape index (κ3) is 5.21. The standard InChI is InChI=1S/C23H30FN3O3/c1-4-30-21-15-19(9-10-20(21)28-3)27-22(25-2)26-16-23(11-13-29-14-12-23)17-5-7-18(24)8-6-17/h5-10,15H,4,11-14,16H2,1-3H3,(H2,25,26,27). The first-order valence-electron chi connectivity index (χ1n) is 10.2. The molecule has 0 aromatic heterocycles. The molecule has 1 fully saturated rings. The van der Waals surface area contributed by atoms with Crippen LogP contribution < -0.4 is 20.1 Å². The van der Waals surface area contributed by atoms with E-state index in [1.807, 2.05) is 37.3 Å². The Bertz CT molecular complexity index is 849. The van der Waals surface area contributed by atoms with Crippen molar-refractivity contribution in [3.8, 4) is 11.5 Å². The van der Waals surface area contributed by atoms with E-state index in [9.17, 15) is 4.39 Å². The van der Waals surface area contributed by atoms with Crippen LogP contribution in [0, 0.1) is 5.82 Å². The number of nitrogens with one attached hydrogen (secondary N) is 2. The third-order valence-electron chi connectivity index (χ3n) is 5.45. The van der Waals surface area contributed by atoms with Crippen molar-refractivity contribution in [2.75, 3.05) is 45.8 Å². The van der Waals surface area contributed by atoms with Gasteiger partial charge in [0.2, 0.25) is 0 Å². The van der Waals surface area contributed by atoms with Crippen molar-refractivity contribution >= 4 is 11.6 Å². The number of guanidine groups is 1. The Morgan fingerprint density at radius 2 is 1.87 bits per heavy atom. The van der Waals surface area contributed by atoms with Crippen LogP contribution in [-0.4, -0.2) is 46.5 Å². The molecule has 0 unspecified atom stereocenters. The first kappa shape index (κ1) is 21.9. The maximum absolute atomic E-state index is 13.4. The highest BCUT2D eigenvalue weighted by molar-refractivity contribution is 5.93. The molecule has 30 heavy (non-hydrogen) atoms. The molecule has 0 spiro atoms. The highest BCUT2D eigenvalue weighted by Crippen LogP contribution is 2.34. The van der Waals surface area contributed by atoms with Crippen molar-refractivity contribution in [2.24, 2.45) is 4.99 Å². The minimum atomic E-state index is -0.226. The molecule has 0 aliphatic carbocycles. The minimum Gasteiger partial charge on any atom is -0.493 e. The molecular weight excluding hydrogens is 385 g/mol. The highest BCUT2D eigenvalue weighted by atomic mass is 19.1. The first-order valence-corrected chi connectivity index (χ1v) is 10.2. The number of nitrogens with zero attached hydrogens (tertiary/aromatic N) is 1. The zero-order valence-corrected chi connectivity index (χ0v) is 17.8. The van der Waals surface area contributed by atoms with Crippen LogP contribution in [0.2, 0.25) is 0 Å². The molecule has 1 heterocycles. The zero-order valence-electron chi connectivity index (χ0n) is 17.8. The largest absolute Gasteiger partial charge is 0.493 e. The molecule has 3 rings (SSSR count). The highest BCUT2D eigenvalue weighted by Gasteiger charge is 2.34. The van der Waals surface area contributed by atoms with Crippen molar-refractivity contribution in [3.63, 3.8) is 0 Å². The van der Waals surface area contributed by atoms with Gasteiger partial charge in [-0.2, -0.15) is 0 Å². The summed E-state index contributed by atoms with van der Waals surface area (Å²) in [6.07, 6.45) is 1.72. The van der Waals surface area contributed by atoms with Gasteiger partial charge < -0.3 is 24.8 Å². The number of halogens is 1. The van der Waals surface area contributed by atoms with Crippen molar-refractivity contribution in [3.05, 3.63) is 53.8 Å². The van der Waals surface area contributed by atoms with Gasteiger partial charge in [-0.05, 0) is 49.6 Å². The van der Waals surface area contributed by atoms with Gasteiger partial charge in [-0.3, -0.25) is 4.99 Å². The molecule has 0 radical (unpaired) electrons. The van der Waals surface area contributed by atoms with Gasteiger partial charge in [-0.1, -0.05) is 12.1 Å². The van der Waals surface area contributed by atoms with Crippen LogP contribution in [0.5, 0.6) is 11.5 Å². The van der Waals surface area contributed by atoms with E-state index in [0.29, 0.717) is 43.8 Å². The molecule has 0 saturated carbocycles. The van der Waals surface area contributed by atoms with Gasteiger partial charge >= 0.3 is 0 Å². The van der Waals surface area contributed by atoms with Crippen LogP contribution in [0.3, 0.4) is 0 Å². The topological polar surface area (TPSA) is 64.1 Å². The Morgan fingerprint density at radius 1 is 1.13 bits per heavy atom. The molecule has 2 aromatic carbocycles. The molecule has 1 aliphatic rings. The molecule has 162 valence electrons. The van der Waals surface area contributed by atoms with E-state index in [1.165, 1.54) is 12.1 Å². The quantitative estimate of drug-likeness (QED) is 0.529. The number of anilines is 1. The maximum Gasteiger partial charge on any atom is 0.195 e. The Hall–Kier alpha value is -2.80. The number of methoxy groups -OCH3 is 1. The van der Waals surface area contributed by atoms with E-state index in [0.717, 1.165) is 24.1 Å². The average molecular weight is 416 g/mol. The zero-order chi connectivity index (χ0) is 21.4. The Balaban J connectivity index is 1.73. The van der Waals surface area contributed by atoms with Gasteiger partial charge in [0.1, 0.15) is 5.82 Å². The second kappa shape index (κ2) is 10.3. The monoisotopic (exact) mass is 415 g/mol. The molecule has 0 bridgehead atoms. The first-order chi connectivity index (χ1) is 14.6. The Kier molecular flexibility index (Phi) is 7.52. The minimum absolute atomic E-state index is 0.139. The summed E-state index contributed by atoms with van der Waals surface area (Å²) < 4.78 is 30.0. The van der Waals surface area contributed by atoms with Crippen LogP contribution >= 0.6 is 0 Å². The van der Waals surface area contributed by atoms with Crippen LogP contribution in [0.4, 0.5) is 10.1 Å². The van der Waals surface area contributed by atoms with Gasteiger partial charge in [-0.25, -0.2) is 4.39 Å². The fourth-order valence-electron chi connectivity index (χ4n) is 3.72. The molecule has 1 aliphatic heterocycles. The Labute approximate surface area is 177 Å². The SMILES string of the molecule is CCOc1cc(NC(=NC)NCC2(c3ccc(F)cc3)CCOCC2)ccc1OC. The second-order valence-corrected chi connectivity index (χ2v) is 7.25. The Morgan fingerprint density at radius 3 is 2.50 bits per heavy atom. The summed E-state index contributed by atoms with van der Waals surface area (Å²) >= 11 is 0. The van der Waals surface area contributed by atoms with Gasteiger partial charge in [0.05, 0.1) is 13.7 Å². The normalized spacial score (nSPS) is 16.1. The number of aliphatic imine (C=N–C) groups is 1. The van der Waals surface area contributed by atoms with Crippen molar-refractivity contribution in [1.82, 2.24) is 5.32 Å². The van der Waals surface area contributed by atoms with E-state index in [-0.39, 0.29) is 11.2 Å². The number of hydrogen-bond acceptors (Lipinski definition) is 4. The predicted molar refractivity (Wildman–Crippen MR) is 117 cm³/mol. The smallest absolute Gasteiger partial charge is 0.195 e. The summed E-state index contributed by atoms with van der Waals surface area (Å²) in [6, 6.07) is 12.4. The number of rotatable bonds is 7. The number of hydrogen-bond donors (Lipinski definition) is 2.